The highest BCUT2D eigenvalue weighted by Gasteiger charge is 2.49. The van der Waals surface area contributed by atoms with Gasteiger partial charge in [-0.1, -0.05) is 13.8 Å². The molecule has 0 bridgehead atoms. The van der Waals surface area contributed by atoms with Crippen molar-refractivity contribution >= 4 is 11.6 Å². The average molecular weight is 510 g/mol. The van der Waals surface area contributed by atoms with E-state index >= 15 is 0 Å². The highest BCUT2D eigenvalue weighted by molar-refractivity contribution is 5.94. The van der Waals surface area contributed by atoms with E-state index < -0.39 is 23.7 Å². The second-order valence-electron chi connectivity index (χ2n) is 9.07. The molecule has 1 aromatic carbocycles. The number of hydrogen-bond donors (Lipinski definition) is 6. The number of nitrogens with zero attached hydrogens (tertiary/aromatic N) is 1. The van der Waals surface area contributed by atoms with E-state index in [4.69, 9.17) is 26.7 Å². The Morgan fingerprint density at radius 2 is 1.75 bits per heavy atom. The number of amides is 1. The number of rotatable bonds is 5. The van der Waals surface area contributed by atoms with Crippen molar-refractivity contribution in [3.05, 3.63) is 53.1 Å². The topological polar surface area (TPSA) is 169 Å². The van der Waals surface area contributed by atoms with Gasteiger partial charge < -0.3 is 42.2 Å². The number of aliphatic hydroxyl groups is 2. The summed E-state index contributed by atoms with van der Waals surface area (Å²) in [7, 11) is 1.46. The van der Waals surface area contributed by atoms with Crippen LogP contribution in [0.1, 0.15) is 42.6 Å². The molecular formula is C25H40FN5O5. The summed E-state index contributed by atoms with van der Waals surface area (Å²) >= 11 is 0. The lowest BCUT2D eigenvalue weighted by Crippen LogP contribution is -2.60. The van der Waals surface area contributed by atoms with Crippen molar-refractivity contribution in [2.24, 2.45) is 29.0 Å². The number of ether oxygens (including phenoxy) is 2. The van der Waals surface area contributed by atoms with Crippen molar-refractivity contribution in [3.8, 4) is 0 Å². The largest absolute Gasteiger partial charge is 0.398 e. The SMILES string of the molecule is C.CNC(=O)c1cc(F)cc(/C(N)=C/C=C(N)N)c1.OC(O)(C1COCCO1)N1CC2CCCC2C1. The predicted octanol–water partition coefficient (Wildman–Crippen LogP) is 0.652. The molecular weight excluding hydrogens is 469 g/mol. The van der Waals surface area contributed by atoms with Crippen molar-refractivity contribution in [3.63, 3.8) is 0 Å². The van der Waals surface area contributed by atoms with Gasteiger partial charge in [-0.3, -0.25) is 4.79 Å². The Balaban J connectivity index is 0.000000247. The fraction of sp³-hybridized carbons (Fsp3) is 0.560. The maximum Gasteiger partial charge on any atom is 0.255 e. The van der Waals surface area contributed by atoms with Gasteiger partial charge >= 0.3 is 0 Å². The molecule has 1 amide bonds. The Morgan fingerprint density at radius 3 is 2.31 bits per heavy atom. The third-order valence-electron chi connectivity index (χ3n) is 6.62. The van der Waals surface area contributed by atoms with Crippen LogP contribution in [0.3, 0.4) is 0 Å². The standard InChI is InChI=1S/C12H15FN4O.C12H21NO4.CH4/c1-17-12(18)8-4-7(5-9(13)6-8)10(14)2-3-11(15)16;14-12(15,11-8-16-4-5-17-11)13-6-9-2-1-3-10(9)7-13;/h2-6H,14-16H2,1H3,(H,17,18);9-11,14-15H,1-8H2;1H4/b10-2-;;. The fourth-order valence-electron chi connectivity index (χ4n) is 4.73. The number of carbonyl (C=O) groups excluding carboxylic acids is 1. The molecule has 2 heterocycles. The van der Waals surface area contributed by atoms with E-state index in [1.807, 2.05) is 0 Å². The van der Waals surface area contributed by atoms with Crippen molar-refractivity contribution < 1.29 is 28.9 Å². The normalized spacial score (nSPS) is 24.1. The second kappa shape index (κ2) is 13.0. The number of allylic oxidation sites excluding steroid dienone is 2. The van der Waals surface area contributed by atoms with E-state index in [1.165, 1.54) is 50.6 Å². The molecule has 202 valence electrons. The lowest BCUT2D eigenvalue weighted by molar-refractivity contribution is -0.333. The molecule has 0 radical (unpaired) electrons. The zero-order chi connectivity index (χ0) is 25.6. The van der Waals surface area contributed by atoms with Crippen molar-refractivity contribution in [1.82, 2.24) is 10.2 Å². The molecule has 10 nitrogen and oxygen atoms in total. The van der Waals surface area contributed by atoms with Gasteiger partial charge in [0.05, 0.1) is 25.6 Å². The van der Waals surface area contributed by atoms with Gasteiger partial charge in [-0.2, -0.15) is 0 Å². The number of hydrogen-bond acceptors (Lipinski definition) is 9. The third kappa shape index (κ3) is 7.40. The van der Waals surface area contributed by atoms with E-state index in [-0.39, 0.29) is 31.1 Å². The van der Waals surface area contributed by atoms with Crippen LogP contribution in [-0.2, 0) is 9.47 Å². The van der Waals surface area contributed by atoms with Crippen LogP contribution in [0.4, 0.5) is 4.39 Å². The fourth-order valence-corrected chi connectivity index (χ4v) is 4.73. The third-order valence-corrected chi connectivity index (χ3v) is 6.62. The minimum absolute atomic E-state index is 0. The number of carbonyl (C=O) groups is 1. The van der Waals surface area contributed by atoms with Gasteiger partial charge in [0.1, 0.15) is 11.9 Å². The summed E-state index contributed by atoms with van der Waals surface area (Å²) in [5.74, 6) is -1.45. The molecule has 3 atom stereocenters. The maximum absolute atomic E-state index is 13.4. The van der Waals surface area contributed by atoms with E-state index in [0.29, 0.717) is 30.6 Å². The summed E-state index contributed by atoms with van der Waals surface area (Å²) in [6.45, 7) is 2.79. The van der Waals surface area contributed by atoms with Crippen LogP contribution in [0, 0.1) is 17.7 Å². The Kier molecular flexibility index (Phi) is 10.7. The molecule has 1 aliphatic carbocycles. The molecule has 0 aromatic heterocycles. The molecule has 1 saturated carbocycles. The zero-order valence-corrected chi connectivity index (χ0v) is 20.0. The number of benzene rings is 1. The van der Waals surface area contributed by atoms with Crippen LogP contribution in [0.5, 0.6) is 0 Å². The van der Waals surface area contributed by atoms with Gasteiger partial charge in [-0.25, -0.2) is 9.29 Å². The minimum Gasteiger partial charge on any atom is -0.398 e. The smallest absolute Gasteiger partial charge is 0.255 e. The number of likely N-dealkylation sites (tertiary alicyclic amines) is 1. The molecule has 3 unspecified atom stereocenters. The molecule has 2 aliphatic heterocycles. The van der Waals surface area contributed by atoms with E-state index in [0.717, 1.165) is 19.2 Å². The van der Waals surface area contributed by atoms with Crippen LogP contribution in [0.2, 0.25) is 0 Å². The Labute approximate surface area is 211 Å². The molecule has 3 aliphatic rings. The van der Waals surface area contributed by atoms with Crippen LogP contribution in [0.25, 0.3) is 5.70 Å². The van der Waals surface area contributed by atoms with E-state index in [1.54, 1.807) is 4.90 Å². The lowest BCUT2D eigenvalue weighted by Gasteiger charge is -2.39. The van der Waals surface area contributed by atoms with E-state index in [9.17, 15) is 19.4 Å². The summed E-state index contributed by atoms with van der Waals surface area (Å²) in [5.41, 5.74) is 17.1. The number of nitrogens with one attached hydrogen (secondary N) is 1. The molecule has 0 spiro atoms. The first-order chi connectivity index (χ1) is 16.6. The van der Waals surface area contributed by atoms with Gasteiger partial charge in [0.25, 0.3) is 11.8 Å². The maximum atomic E-state index is 13.4. The molecule has 9 N–H and O–H groups in total. The zero-order valence-electron chi connectivity index (χ0n) is 20.0. The summed E-state index contributed by atoms with van der Waals surface area (Å²) in [5, 5.41) is 22.9. The first-order valence-corrected chi connectivity index (χ1v) is 11.7. The van der Waals surface area contributed by atoms with Crippen LogP contribution < -0.4 is 22.5 Å². The molecule has 2 saturated heterocycles. The first kappa shape index (κ1) is 29.5. The first-order valence-electron chi connectivity index (χ1n) is 11.7. The average Bonchev–Trinajstić information content (AvgIpc) is 3.46. The summed E-state index contributed by atoms with van der Waals surface area (Å²) < 4.78 is 24.0. The minimum atomic E-state index is -1.87. The Hall–Kier alpha value is -2.70. The van der Waals surface area contributed by atoms with Crippen LogP contribution in [0.15, 0.2) is 36.2 Å². The second-order valence-corrected chi connectivity index (χ2v) is 9.07. The Bertz CT molecular complexity index is 933. The summed E-state index contributed by atoms with van der Waals surface area (Å²) in [6.07, 6.45) is 5.92. The van der Waals surface area contributed by atoms with Crippen LogP contribution in [-0.4, -0.2) is 73.0 Å². The Morgan fingerprint density at radius 1 is 1.11 bits per heavy atom. The van der Waals surface area contributed by atoms with Crippen LogP contribution >= 0.6 is 0 Å². The number of fused-ring (bicyclic) bond motifs is 1. The highest BCUT2D eigenvalue weighted by atomic mass is 19.1. The molecule has 4 rings (SSSR count). The monoisotopic (exact) mass is 509 g/mol. The van der Waals surface area contributed by atoms with Gasteiger partial charge in [0.15, 0.2) is 0 Å². The highest BCUT2D eigenvalue weighted by Crippen LogP contribution is 2.40. The summed E-state index contributed by atoms with van der Waals surface area (Å²) in [4.78, 5) is 13.2. The van der Waals surface area contributed by atoms with E-state index in [2.05, 4.69) is 5.32 Å². The van der Waals surface area contributed by atoms with Gasteiger partial charge in [-0.05, 0) is 55.0 Å². The summed E-state index contributed by atoms with van der Waals surface area (Å²) in [6, 6.07) is 3.83. The van der Waals surface area contributed by atoms with Crippen molar-refractivity contribution in [2.45, 2.75) is 38.7 Å². The van der Waals surface area contributed by atoms with Gasteiger partial charge in [0, 0.05) is 37.0 Å². The molecule has 11 heteroatoms. The lowest BCUT2D eigenvalue weighted by atomic mass is 10.0. The predicted molar refractivity (Wildman–Crippen MR) is 135 cm³/mol. The quantitative estimate of drug-likeness (QED) is 0.246. The molecule has 1 aromatic rings. The molecule has 3 fully saturated rings. The molecule has 36 heavy (non-hydrogen) atoms. The number of halogens is 1. The van der Waals surface area contributed by atoms with Crippen molar-refractivity contribution in [2.75, 3.05) is 40.0 Å². The number of nitrogens with two attached hydrogens (primary N) is 3. The van der Waals surface area contributed by atoms with Gasteiger partial charge in [-0.15, -0.1) is 0 Å². The van der Waals surface area contributed by atoms with Crippen molar-refractivity contribution in [1.29, 1.82) is 0 Å². The van der Waals surface area contributed by atoms with Gasteiger partial charge in [0.2, 0.25) is 0 Å².